The average molecular weight is 306 g/mol. The summed E-state index contributed by atoms with van der Waals surface area (Å²) in [5.41, 5.74) is 2.10. The van der Waals surface area contributed by atoms with E-state index in [-0.39, 0.29) is 12.0 Å². The van der Waals surface area contributed by atoms with Crippen LogP contribution in [-0.4, -0.2) is 48.2 Å². The largest absolute Gasteiger partial charge is 0.464 e. The highest BCUT2D eigenvalue weighted by Crippen LogP contribution is 2.32. The van der Waals surface area contributed by atoms with Crippen molar-refractivity contribution < 1.29 is 9.53 Å². The molecule has 2 aromatic rings. The molecule has 0 radical (unpaired) electrons. The third-order valence-corrected chi connectivity index (χ3v) is 4.67. The highest BCUT2D eigenvalue weighted by Gasteiger charge is 2.32. The summed E-state index contributed by atoms with van der Waals surface area (Å²) >= 11 is 1.62. The van der Waals surface area contributed by atoms with Crippen molar-refractivity contribution in [1.29, 1.82) is 0 Å². The van der Waals surface area contributed by atoms with Crippen LogP contribution >= 0.6 is 11.3 Å². The Morgan fingerprint density at radius 1 is 1.57 bits per heavy atom. The Hall–Kier alpha value is -1.73. The summed E-state index contributed by atoms with van der Waals surface area (Å²) in [5, 5.41) is 5.32. The number of anilines is 1. The average Bonchev–Trinajstić information content (AvgIpc) is 2.89. The number of aryl methyl sites for hydroxylation is 1. The van der Waals surface area contributed by atoms with Crippen molar-refractivity contribution in [2.75, 3.05) is 31.1 Å². The first-order valence-corrected chi connectivity index (χ1v) is 7.93. The molecule has 1 aliphatic rings. The van der Waals surface area contributed by atoms with E-state index in [1.165, 1.54) is 0 Å². The number of ether oxygens (including phenoxy) is 1. The maximum absolute atomic E-state index is 12.2. The van der Waals surface area contributed by atoms with Crippen molar-refractivity contribution in [2.45, 2.75) is 19.9 Å². The van der Waals surface area contributed by atoms with Gasteiger partial charge in [0.1, 0.15) is 12.4 Å². The van der Waals surface area contributed by atoms with Crippen molar-refractivity contribution in [3.05, 3.63) is 17.3 Å². The van der Waals surface area contributed by atoms with Gasteiger partial charge in [-0.05, 0) is 24.8 Å². The van der Waals surface area contributed by atoms with E-state index in [4.69, 9.17) is 4.74 Å². The number of nitrogens with one attached hydrogen (secondary N) is 1. The number of rotatable bonds is 3. The van der Waals surface area contributed by atoms with Crippen LogP contribution in [0.1, 0.15) is 12.5 Å². The molecule has 3 rings (SSSR count). The van der Waals surface area contributed by atoms with E-state index >= 15 is 0 Å². The lowest BCUT2D eigenvalue weighted by molar-refractivity contribution is -0.144. The van der Waals surface area contributed by atoms with E-state index in [9.17, 15) is 4.79 Å². The van der Waals surface area contributed by atoms with Crippen LogP contribution in [0.2, 0.25) is 0 Å². The lowest BCUT2D eigenvalue weighted by Crippen LogP contribution is -2.56. The molecule has 7 heteroatoms. The van der Waals surface area contributed by atoms with Crippen LogP contribution in [0.5, 0.6) is 0 Å². The smallest absolute Gasteiger partial charge is 0.330 e. The number of piperazine rings is 1. The molecule has 21 heavy (non-hydrogen) atoms. The molecule has 1 saturated heterocycles. The summed E-state index contributed by atoms with van der Waals surface area (Å²) in [6.45, 7) is 6.38. The Balaban J connectivity index is 2.00. The molecule has 0 saturated carbocycles. The van der Waals surface area contributed by atoms with E-state index in [1.54, 1.807) is 17.7 Å². The van der Waals surface area contributed by atoms with E-state index < -0.39 is 0 Å². The second-order valence-electron chi connectivity index (χ2n) is 4.96. The van der Waals surface area contributed by atoms with Crippen LogP contribution in [0.3, 0.4) is 0 Å². The number of carbonyl (C=O) groups excluding carboxylic acids is 1. The molecule has 0 spiro atoms. The second-order valence-corrected chi connectivity index (χ2v) is 5.84. The summed E-state index contributed by atoms with van der Waals surface area (Å²) in [5.74, 6) is 0.627. The first-order chi connectivity index (χ1) is 10.2. The van der Waals surface area contributed by atoms with Crippen LogP contribution in [0.25, 0.3) is 10.2 Å². The van der Waals surface area contributed by atoms with Gasteiger partial charge in [-0.15, -0.1) is 11.3 Å². The number of hydrogen-bond acceptors (Lipinski definition) is 7. The molecular formula is C14H18N4O2S. The maximum atomic E-state index is 12.2. The first kappa shape index (κ1) is 14.2. The van der Waals surface area contributed by atoms with Crippen LogP contribution in [-0.2, 0) is 9.53 Å². The molecule has 1 aliphatic heterocycles. The topological polar surface area (TPSA) is 67.3 Å². The summed E-state index contributed by atoms with van der Waals surface area (Å²) in [6.07, 6.45) is 1.57. The zero-order chi connectivity index (χ0) is 14.8. The second kappa shape index (κ2) is 5.95. The number of aromatic nitrogens is 2. The number of nitrogens with zero attached hydrogens (tertiary/aromatic N) is 3. The van der Waals surface area contributed by atoms with E-state index in [0.29, 0.717) is 13.2 Å². The minimum absolute atomic E-state index is 0.204. The van der Waals surface area contributed by atoms with Gasteiger partial charge < -0.3 is 15.0 Å². The molecule has 0 bridgehead atoms. The number of fused-ring (bicyclic) bond motifs is 1. The third kappa shape index (κ3) is 2.58. The van der Waals surface area contributed by atoms with Gasteiger partial charge in [-0.1, -0.05) is 0 Å². The van der Waals surface area contributed by atoms with E-state index in [0.717, 1.165) is 34.7 Å². The fourth-order valence-electron chi connectivity index (χ4n) is 2.57. The first-order valence-electron chi connectivity index (χ1n) is 7.05. The molecule has 1 atom stereocenters. The number of hydrogen-bond donors (Lipinski definition) is 1. The predicted molar refractivity (Wildman–Crippen MR) is 82.8 cm³/mol. The number of thiophene rings is 1. The third-order valence-electron chi connectivity index (χ3n) is 3.59. The Morgan fingerprint density at radius 3 is 3.24 bits per heavy atom. The lowest BCUT2D eigenvalue weighted by Gasteiger charge is -2.35. The summed E-state index contributed by atoms with van der Waals surface area (Å²) in [7, 11) is 0. The van der Waals surface area contributed by atoms with Gasteiger partial charge in [0.15, 0.2) is 5.82 Å². The van der Waals surface area contributed by atoms with Crippen molar-refractivity contribution >= 4 is 33.3 Å². The Bertz CT molecular complexity index is 657. The Labute approximate surface area is 127 Å². The summed E-state index contributed by atoms with van der Waals surface area (Å²) < 4.78 is 6.22. The van der Waals surface area contributed by atoms with Crippen molar-refractivity contribution in [1.82, 2.24) is 15.3 Å². The molecule has 6 nitrogen and oxygen atoms in total. The van der Waals surface area contributed by atoms with Crippen molar-refractivity contribution in [2.24, 2.45) is 0 Å². The van der Waals surface area contributed by atoms with E-state index in [1.807, 2.05) is 18.7 Å². The monoisotopic (exact) mass is 306 g/mol. The molecule has 1 unspecified atom stereocenters. The summed E-state index contributed by atoms with van der Waals surface area (Å²) in [6, 6.07) is -0.334. The number of esters is 1. The van der Waals surface area contributed by atoms with Crippen molar-refractivity contribution in [3.63, 3.8) is 0 Å². The molecule has 3 heterocycles. The highest BCUT2D eigenvalue weighted by molar-refractivity contribution is 7.18. The van der Waals surface area contributed by atoms with Gasteiger partial charge in [0.05, 0.1) is 16.8 Å². The Morgan fingerprint density at radius 2 is 2.43 bits per heavy atom. The molecule has 0 aromatic carbocycles. The van der Waals surface area contributed by atoms with E-state index in [2.05, 4.69) is 20.7 Å². The van der Waals surface area contributed by atoms with Gasteiger partial charge in [0.2, 0.25) is 0 Å². The Kier molecular flexibility index (Phi) is 4.03. The fraction of sp³-hybridized carbons (Fsp3) is 0.500. The number of carbonyl (C=O) groups is 1. The van der Waals surface area contributed by atoms with Gasteiger partial charge in [0, 0.05) is 19.6 Å². The van der Waals surface area contributed by atoms with Crippen LogP contribution in [0.4, 0.5) is 5.82 Å². The van der Waals surface area contributed by atoms with Gasteiger partial charge >= 0.3 is 5.97 Å². The molecule has 0 aliphatic carbocycles. The predicted octanol–water partition coefficient (Wildman–Crippen LogP) is 1.34. The maximum Gasteiger partial charge on any atom is 0.330 e. The van der Waals surface area contributed by atoms with Gasteiger partial charge in [-0.2, -0.15) is 0 Å². The van der Waals surface area contributed by atoms with Gasteiger partial charge in [-0.3, -0.25) is 0 Å². The molecular weight excluding hydrogens is 288 g/mol. The zero-order valence-corrected chi connectivity index (χ0v) is 12.9. The molecule has 0 amide bonds. The standard InChI is InChI=1S/C14H18N4O2S/c1-3-20-14(19)10-6-15-4-5-18(10)13-12-11(16-8-17-13)9(2)7-21-12/h7-8,10,15H,3-6H2,1-2H3. The molecule has 2 aromatic heterocycles. The molecule has 1 N–H and O–H groups in total. The quantitative estimate of drug-likeness (QED) is 0.863. The van der Waals surface area contributed by atoms with Crippen LogP contribution in [0, 0.1) is 6.92 Å². The van der Waals surface area contributed by atoms with Crippen LogP contribution in [0.15, 0.2) is 11.7 Å². The SMILES string of the molecule is CCOC(=O)C1CNCCN1c1ncnc2c(C)csc12. The minimum atomic E-state index is -0.334. The summed E-state index contributed by atoms with van der Waals surface area (Å²) in [4.78, 5) is 23.0. The lowest BCUT2D eigenvalue weighted by atomic mass is 10.2. The highest BCUT2D eigenvalue weighted by atomic mass is 32.1. The van der Waals surface area contributed by atoms with Crippen molar-refractivity contribution in [3.8, 4) is 0 Å². The fourth-order valence-corrected chi connectivity index (χ4v) is 3.58. The van der Waals surface area contributed by atoms with Gasteiger partial charge in [-0.25, -0.2) is 14.8 Å². The van der Waals surface area contributed by atoms with Gasteiger partial charge in [0.25, 0.3) is 0 Å². The zero-order valence-electron chi connectivity index (χ0n) is 12.1. The molecule has 1 fully saturated rings. The molecule has 112 valence electrons. The minimum Gasteiger partial charge on any atom is -0.464 e. The van der Waals surface area contributed by atoms with Crippen LogP contribution < -0.4 is 10.2 Å². The normalized spacial score (nSPS) is 19.0.